The van der Waals surface area contributed by atoms with Crippen molar-refractivity contribution in [3.63, 3.8) is 0 Å². The van der Waals surface area contributed by atoms with Gasteiger partial charge in [-0.25, -0.2) is 9.37 Å². The Bertz CT molecular complexity index is 1270. The number of imidazole rings is 1. The summed E-state index contributed by atoms with van der Waals surface area (Å²) in [4.78, 5) is 19.5. The second-order valence-corrected chi connectivity index (χ2v) is 7.73. The van der Waals surface area contributed by atoms with Crippen LogP contribution in [-0.4, -0.2) is 15.3 Å². The molecule has 4 nitrogen and oxygen atoms in total. The zero-order chi connectivity index (χ0) is 21.6. The summed E-state index contributed by atoms with van der Waals surface area (Å²) in [7, 11) is 0. The van der Waals surface area contributed by atoms with Crippen molar-refractivity contribution in [2.45, 2.75) is 34.6 Å². The second kappa shape index (κ2) is 7.41. The highest BCUT2D eigenvalue weighted by Crippen LogP contribution is 2.40. The normalized spacial score (nSPS) is 11.1. The number of anilines is 2. The smallest absolute Gasteiger partial charge is 0.229 e. The average Bonchev–Trinajstić information content (AvgIpc) is 3.03. The van der Waals surface area contributed by atoms with E-state index in [0.717, 1.165) is 28.1 Å². The Labute approximate surface area is 175 Å². The van der Waals surface area contributed by atoms with Gasteiger partial charge in [-0.05, 0) is 68.7 Å². The summed E-state index contributed by atoms with van der Waals surface area (Å²) in [6.07, 6.45) is 0. The van der Waals surface area contributed by atoms with Gasteiger partial charge in [0.1, 0.15) is 17.2 Å². The molecule has 4 aromatic rings. The lowest BCUT2D eigenvalue weighted by atomic mass is 10.1. The van der Waals surface area contributed by atoms with Crippen LogP contribution in [0.2, 0.25) is 0 Å². The predicted octanol–water partition coefficient (Wildman–Crippen LogP) is 6.06. The van der Waals surface area contributed by atoms with Gasteiger partial charge in [0.15, 0.2) is 5.82 Å². The number of hydrogen-bond acceptors (Lipinski definition) is 2. The van der Waals surface area contributed by atoms with Crippen molar-refractivity contribution in [3.05, 3.63) is 82.8 Å². The van der Waals surface area contributed by atoms with Gasteiger partial charge in [-0.15, -0.1) is 0 Å². The zero-order valence-electron chi connectivity index (χ0n) is 17.8. The third-order valence-corrected chi connectivity index (χ3v) is 5.34. The van der Waals surface area contributed by atoms with E-state index in [1.165, 1.54) is 13.0 Å². The zero-order valence-corrected chi connectivity index (χ0v) is 17.8. The van der Waals surface area contributed by atoms with Gasteiger partial charge in [0, 0.05) is 18.2 Å². The molecule has 0 aliphatic rings. The van der Waals surface area contributed by atoms with Gasteiger partial charge in [-0.2, -0.15) is 0 Å². The highest BCUT2D eigenvalue weighted by molar-refractivity contribution is 6.03. The Morgan fingerprint density at radius 1 is 0.967 bits per heavy atom. The Morgan fingerprint density at radius 3 is 2.27 bits per heavy atom. The predicted molar refractivity (Wildman–Crippen MR) is 119 cm³/mol. The first-order chi connectivity index (χ1) is 14.3. The molecule has 0 saturated heterocycles. The molecular formula is C25H24FN3O. The summed E-state index contributed by atoms with van der Waals surface area (Å²) in [6.45, 7) is 9.44. The third kappa shape index (κ3) is 3.16. The summed E-state index contributed by atoms with van der Waals surface area (Å²) in [6, 6.07) is 16.4. The third-order valence-electron chi connectivity index (χ3n) is 5.34. The van der Waals surface area contributed by atoms with Crippen LogP contribution in [0.15, 0.2) is 54.6 Å². The fraction of sp³-hybridized carbons (Fsp3) is 0.200. The number of para-hydroxylation sites is 1. The van der Waals surface area contributed by atoms with Crippen LogP contribution < -0.4 is 4.90 Å². The number of amides is 1. The Hall–Kier alpha value is -3.47. The molecule has 1 amide bonds. The second-order valence-electron chi connectivity index (χ2n) is 7.73. The van der Waals surface area contributed by atoms with E-state index in [1.807, 2.05) is 62.4 Å². The maximum atomic E-state index is 14.8. The maximum absolute atomic E-state index is 14.8. The topological polar surface area (TPSA) is 37.6 Å². The standard InChI is InChI=1S/C25H24FN3O/c1-15-13-18(4)28-22(14-15)27-23(20-11-6-7-12-21(20)26)25(28)29(19(5)30)24-16(2)9-8-10-17(24)3/h6-14H,1-5H3. The van der Waals surface area contributed by atoms with Crippen LogP contribution in [0.1, 0.15) is 29.3 Å². The van der Waals surface area contributed by atoms with Crippen LogP contribution in [0.4, 0.5) is 15.9 Å². The van der Waals surface area contributed by atoms with E-state index < -0.39 is 0 Å². The minimum absolute atomic E-state index is 0.160. The lowest BCUT2D eigenvalue weighted by Gasteiger charge is -2.26. The van der Waals surface area contributed by atoms with Crippen molar-refractivity contribution in [1.82, 2.24) is 9.38 Å². The van der Waals surface area contributed by atoms with Crippen molar-refractivity contribution in [2.75, 3.05) is 4.90 Å². The number of fused-ring (bicyclic) bond motifs is 1. The molecule has 0 spiro atoms. The number of halogens is 1. The molecule has 0 aliphatic heterocycles. The Kier molecular flexibility index (Phi) is 4.90. The first kappa shape index (κ1) is 19.8. The van der Waals surface area contributed by atoms with Gasteiger partial charge in [-0.3, -0.25) is 14.1 Å². The molecule has 2 aromatic heterocycles. The lowest BCUT2D eigenvalue weighted by Crippen LogP contribution is -2.26. The van der Waals surface area contributed by atoms with Gasteiger partial charge in [0.25, 0.3) is 0 Å². The van der Waals surface area contributed by atoms with Gasteiger partial charge in [-0.1, -0.05) is 30.3 Å². The lowest BCUT2D eigenvalue weighted by molar-refractivity contribution is -0.115. The average molecular weight is 401 g/mol. The van der Waals surface area contributed by atoms with Gasteiger partial charge in [0.2, 0.25) is 5.91 Å². The van der Waals surface area contributed by atoms with Crippen molar-refractivity contribution < 1.29 is 9.18 Å². The van der Waals surface area contributed by atoms with E-state index in [9.17, 15) is 9.18 Å². The molecule has 0 bridgehead atoms. The van der Waals surface area contributed by atoms with Crippen LogP contribution >= 0.6 is 0 Å². The highest BCUT2D eigenvalue weighted by Gasteiger charge is 2.28. The number of hydrogen-bond donors (Lipinski definition) is 0. The number of aromatic nitrogens is 2. The van der Waals surface area contributed by atoms with Crippen LogP contribution in [0.25, 0.3) is 16.9 Å². The van der Waals surface area contributed by atoms with Crippen molar-refractivity contribution in [3.8, 4) is 11.3 Å². The largest absolute Gasteiger partial charge is 0.282 e. The molecule has 0 unspecified atom stereocenters. The molecule has 5 heteroatoms. The SMILES string of the molecule is CC(=O)N(c1c(C)cccc1C)c1c(-c2ccccc2F)nc2cc(C)cc(C)n12. The van der Waals surface area contributed by atoms with E-state index in [2.05, 4.69) is 0 Å². The van der Waals surface area contributed by atoms with Gasteiger partial charge < -0.3 is 0 Å². The van der Waals surface area contributed by atoms with Crippen LogP contribution in [0, 0.1) is 33.5 Å². The highest BCUT2D eigenvalue weighted by atomic mass is 19.1. The van der Waals surface area contributed by atoms with Gasteiger partial charge >= 0.3 is 0 Å². The Morgan fingerprint density at radius 2 is 1.63 bits per heavy atom. The molecule has 0 fully saturated rings. The number of benzene rings is 2. The number of pyridine rings is 1. The molecule has 152 valence electrons. The summed E-state index contributed by atoms with van der Waals surface area (Å²) < 4.78 is 16.8. The van der Waals surface area contributed by atoms with Crippen molar-refractivity contribution in [2.24, 2.45) is 0 Å². The van der Waals surface area contributed by atoms with E-state index in [-0.39, 0.29) is 11.7 Å². The quantitative estimate of drug-likeness (QED) is 0.418. The molecule has 0 atom stereocenters. The fourth-order valence-corrected chi connectivity index (χ4v) is 4.12. The number of aryl methyl sites for hydroxylation is 4. The van der Waals surface area contributed by atoms with Crippen LogP contribution in [-0.2, 0) is 4.79 Å². The minimum Gasteiger partial charge on any atom is -0.282 e. The maximum Gasteiger partial charge on any atom is 0.229 e. The van der Waals surface area contributed by atoms with Crippen molar-refractivity contribution >= 4 is 23.1 Å². The fourth-order valence-electron chi connectivity index (χ4n) is 4.12. The molecule has 4 rings (SSSR count). The van der Waals surface area contributed by atoms with E-state index in [0.29, 0.717) is 22.7 Å². The Balaban J connectivity index is 2.16. The van der Waals surface area contributed by atoms with E-state index >= 15 is 0 Å². The van der Waals surface area contributed by atoms with Gasteiger partial charge in [0.05, 0.1) is 5.69 Å². The number of carbonyl (C=O) groups is 1. The van der Waals surface area contributed by atoms with Crippen LogP contribution in [0.3, 0.4) is 0 Å². The molecule has 0 N–H and O–H groups in total. The monoisotopic (exact) mass is 401 g/mol. The summed E-state index contributed by atoms with van der Waals surface area (Å²) >= 11 is 0. The summed E-state index contributed by atoms with van der Waals surface area (Å²) in [5.41, 5.74) is 6.19. The molecular weight excluding hydrogens is 377 g/mol. The molecule has 0 radical (unpaired) electrons. The first-order valence-corrected chi connectivity index (χ1v) is 9.91. The number of carbonyl (C=O) groups excluding carboxylic acids is 1. The minimum atomic E-state index is -0.374. The van der Waals surface area contributed by atoms with E-state index in [4.69, 9.17) is 4.98 Å². The summed E-state index contributed by atoms with van der Waals surface area (Å²) in [5.74, 6) is 0.0193. The molecule has 2 aromatic carbocycles. The molecule has 0 saturated carbocycles. The molecule has 2 heterocycles. The van der Waals surface area contributed by atoms with Crippen LogP contribution in [0.5, 0.6) is 0 Å². The van der Waals surface area contributed by atoms with Crippen molar-refractivity contribution in [1.29, 1.82) is 0 Å². The number of rotatable bonds is 3. The van der Waals surface area contributed by atoms with E-state index in [1.54, 1.807) is 23.1 Å². The molecule has 30 heavy (non-hydrogen) atoms. The molecule has 0 aliphatic carbocycles. The first-order valence-electron chi connectivity index (χ1n) is 9.91. The summed E-state index contributed by atoms with van der Waals surface area (Å²) in [5, 5.41) is 0. The number of nitrogens with zero attached hydrogens (tertiary/aromatic N) is 3.